The molecule has 0 saturated heterocycles. The molecule has 5 nitrogen and oxygen atoms in total. The Hall–Kier alpha value is -3.60. The summed E-state index contributed by atoms with van der Waals surface area (Å²) in [5, 5.41) is 8.46. The minimum absolute atomic E-state index is 0.0841. The normalized spacial score (nSPS) is 10.1. The molecule has 0 radical (unpaired) electrons. The Labute approximate surface area is 158 Å². The third-order valence-electron chi connectivity index (χ3n) is 4.03. The molecular formula is C22H21N3O2. The predicted octanol–water partition coefficient (Wildman–Crippen LogP) is 4.82. The highest BCUT2D eigenvalue weighted by Crippen LogP contribution is 2.15. The maximum absolute atomic E-state index is 12.1. The van der Waals surface area contributed by atoms with E-state index in [1.54, 1.807) is 12.1 Å². The highest BCUT2D eigenvalue weighted by Gasteiger charge is 2.06. The number of benzene rings is 3. The molecule has 0 aliphatic rings. The van der Waals surface area contributed by atoms with Gasteiger partial charge in [0.25, 0.3) is 0 Å². The fourth-order valence-corrected chi connectivity index (χ4v) is 2.62. The number of rotatable bonds is 5. The molecule has 0 aliphatic carbocycles. The van der Waals surface area contributed by atoms with Crippen molar-refractivity contribution < 1.29 is 9.59 Å². The van der Waals surface area contributed by atoms with Crippen LogP contribution in [0.4, 0.5) is 21.9 Å². The number of amides is 3. The Morgan fingerprint density at radius 2 is 1.33 bits per heavy atom. The molecule has 5 heteroatoms. The average molecular weight is 359 g/mol. The second-order valence-electron chi connectivity index (χ2n) is 6.18. The van der Waals surface area contributed by atoms with Gasteiger partial charge in [-0.2, -0.15) is 0 Å². The number of carbonyl (C=O) groups excluding carboxylic acids is 2. The van der Waals surface area contributed by atoms with Gasteiger partial charge in [0.1, 0.15) is 0 Å². The molecule has 0 unspecified atom stereocenters. The van der Waals surface area contributed by atoms with Crippen LogP contribution in [0, 0.1) is 6.92 Å². The number of aryl methyl sites for hydroxylation is 1. The van der Waals surface area contributed by atoms with Gasteiger partial charge in [-0.25, -0.2) is 4.79 Å². The molecule has 136 valence electrons. The standard InChI is InChI=1S/C22H21N3O2/c1-16-7-5-6-10-20(16)25-22(27)24-19-13-11-17(12-14-19)15-21(26)23-18-8-3-2-4-9-18/h2-14H,15H2,1H3,(H,23,26)(H2,24,25,27). The van der Waals surface area contributed by atoms with E-state index >= 15 is 0 Å². The van der Waals surface area contributed by atoms with Crippen LogP contribution < -0.4 is 16.0 Å². The van der Waals surface area contributed by atoms with Crippen molar-refractivity contribution in [2.45, 2.75) is 13.3 Å². The zero-order valence-corrected chi connectivity index (χ0v) is 15.0. The highest BCUT2D eigenvalue weighted by molar-refractivity contribution is 6.00. The number of urea groups is 1. The summed E-state index contributed by atoms with van der Waals surface area (Å²) in [6.07, 6.45) is 0.268. The van der Waals surface area contributed by atoms with Crippen molar-refractivity contribution in [1.82, 2.24) is 0 Å². The van der Waals surface area contributed by atoms with Crippen LogP contribution in [0.15, 0.2) is 78.9 Å². The van der Waals surface area contributed by atoms with Gasteiger partial charge < -0.3 is 16.0 Å². The van der Waals surface area contributed by atoms with Crippen LogP contribution in [0.5, 0.6) is 0 Å². The summed E-state index contributed by atoms with van der Waals surface area (Å²) >= 11 is 0. The monoisotopic (exact) mass is 359 g/mol. The molecule has 3 rings (SSSR count). The van der Waals surface area contributed by atoms with Crippen molar-refractivity contribution in [2.75, 3.05) is 16.0 Å². The summed E-state index contributed by atoms with van der Waals surface area (Å²) in [5.74, 6) is -0.0841. The number of nitrogens with one attached hydrogen (secondary N) is 3. The van der Waals surface area contributed by atoms with Crippen molar-refractivity contribution in [2.24, 2.45) is 0 Å². The summed E-state index contributed by atoms with van der Waals surface area (Å²) in [4.78, 5) is 24.2. The Morgan fingerprint density at radius 1 is 0.704 bits per heavy atom. The largest absolute Gasteiger partial charge is 0.326 e. The summed E-state index contributed by atoms with van der Waals surface area (Å²) in [6, 6.07) is 23.8. The maximum atomic E-state index is 12.1. The third-order valence-corrected chi connectivity index (χ3v) is 4.03. The lowest BCUT2D eigenvalue weighted by atomic mass is 10.1. The van der Waals surface area contributed by atoms with Gasteiger partial charge in [-0.3, -0.25) is 4.79 Å². The molecule has 3 amide bonds. The lowest BCUT2D eigenvalue weighted by Gasteiger charge is -2.10. The Bertz CT molecular complexity index is 922. The lowest BCUT2D eigenvalue weighted by Crippen LogP contribution is -2.20. The zero-order chi connectivity index (χ0) is 19.1. The number of para-hydroxylation sites is 2. The second-order valence-corrected chi connectivity index (χ2v) is 6.18. The van der Waals surface area contributed by atoms with Crippen molar-refractivity contribution in [3.63, 3.8) is 0 Å². The lowest BCUT2D eigenvalue weighted by molar-refractivity contribution is -0.115. The molecule has 3 aromatic carbocycles. The first-order chi connectivity index (χ1) is 13.1. The molecular weight excluding hydrogens is 338 g/mol. The van der Waals surface area contributed by atoms with Gasteiger partial charge in [0.05, 0.1) is 6.42 Å². The number of anilines is 3. The number of hydrogen-bond acceptors (Lipinski definition) is 2. The van der Waals surface area contributed by atoms with Gasteiger partial charge in [-0.1, -0.05) is 48.5 Å². The van der Waals surface area contributed by atoms with E-state index in [9.17, 15) is 9.59 Å². The predicted molar refractivity (Wildman–Crippen MR) is 109 cm³/mol. The fraction of sp³-hybridized carbons (Fsp3) is 0.0909. The quantitative estimate of drug-likeness (QED) is 0.611. The molecule has 0 saturated carbocycles. The van der Waals surface area contributed by atoms with Crippen molar-refractivity contribution in [1.29, 1.82) is 0 Å². The topological polar surface area (TPSA) is 70.2 Å². The molecule has 0 spiro atoms. The maximum Gasteiger partial charge on any atom is 0.323 e. The first-order valence-corrected chi connectivity index (χ1v) is 8.67. The van der Waals surface area contributed by atoms with Gasteiger partial charge in [-0.05, 0) is 48.4 Å². The van der Waals surface area contributed by atoms with Crippen molar-refractivity contribution in [3.05, 3.63) is 90.0 Å². The van der Waals surface area contributed by atoms with E-state index < -0.39 is 0 Å². The van der Waals surface area contributed by atoms with E-state index in [-0.39, 0.29) is 18.4 Å². The van der Waals surface area contributed by atoms with Crippen LogP contribution in [0.25, 0.3) is 0 Å². The summed E-state index contributed by atoms with van der Waals surface area (Å²) in [5.41, 5.74) is 4.06. The molecule has 0 heterocycles. The van der Waals surface area contributed by atoms with Gasteiger partial charge in [0, 0.05) is 17.1 Å². The summed E-state index contributed by atoms with van der Waals surface area (Å²) in [7, 11) is 0. The van der Waals surface area contributed by atoms with Crippen LogP contribution in [0.3, 0.4) is 0 Å². The van der Waals surface area contributed by atoms with Gasteiger partial charge >= 0.3 is 6.03 Å². The van der Waals surface area contributed by atoms with Gasteiger partial charge in [-0.15, -0.1) is 0 Å². The van der Waals surface area contributed by atoms with E-state index in [1.165, 1.54) is 0 Å². The zero-order valence-electron chi connectivity index (χ0n) is 15.0. The second kappa shape index (κ2) is 8.67. The van der Waals surface area contributed by atoms with Crippen LogP contribution >= 0.6 is 0 Å². The highest BCUT2D eigenvalue weighted by atomic mass is 16.2. The minimum atomic E-state index is -0.307. The first kappa shape index (κ1) is 18.2. The molecule has 0 aliphatic heterocycles. The number of carbonyl (C=O) groups is 2. The molecule has 3 aromatic rings. The van der Waals surface area contributed by atoms with Crippen LogP contribution in [-0.4, -0.2) is 11.9 Å². The Morgan fingerprint density at radius 3 is 2.04 bits per heavy atom. The van der Waals surface area contributed by atoms with Gasteiger partial charge in [0.15, 0.2) is 0 Å². The molecule has 0 fully saturated rings. The average Bonchev–Trinajstić information content (AvgIpc) is 2.66. The minimum Gasteiger partial charge on any atom is -0.326 e. The van der Waals surface area contributed by atoms with E-state index in [0.29, 0.717) is 5.69 Å². The molecule has 0 atom stereocenters. The molecule has 27 heavy (non-hydrogen) atoms. The van der Waals surface area contributed by atoms with Crippen molar-refractivity contribution >= 4 is 29.0 Å². The smallest absolute Gasteiger partial charge is 0.323 e. The Balaban J connectivity index is 1.53. The fourth-order valence-electron chi connectivity index (χ4n) is 2.62. The van der Waals surface area contributed by atoms with Crippen LogP contribution in [-0.2, 0) is 11.2 Å². The van der Waals surface area contributed by atoms with E-state index in [4.69, 9.17) is 0 Å². The first-order valence-electron chi connectivity index (χ1n) is 8.67. The summed E-state index contributed by atoms with van der Waals surface area (Å²) < 4.78 is 0. The van der Waals surface area contributed by atoms with E-state index in [1.807, 2.05) is 73.7 Å². The molecule has 0 aromatic heterocycles. The summed E-state index contributed by atoms with van der Waals surface area (Å²) in [6.45, 7) is 1.94. The SMILES string of the molecule is Cc1ccccc1NC(=O)Nc1ccc(CC(=O)Nc2ccccc2)cc1. The Kier molecular flexibility index (Phi) is 5.84. The van der Waals surface area contributed by atoms with E-state index in [0.717, 1.165) is 22.5 Å². The number of hydrogen-bond donors (Lipinski definition) is 3. The van der Waals surface area contributed by atoms with Gasteiger partial charge in [0.2, 0.25) is 5.91 Å². The van der Waals surface area contributed by atoms with E-state index in [2.05, 4.69) is 16.0 Å². The molecule has 3 N–H and O–H groups in total. The van der Waals surface area contributed by atoms with Crippen molar-refractivity contribution in [3.8, 4) is 0 Å². The molecule has 0 bridgehead atoms. The van der Waals surface area contributed by atoms with Crippen LogP contribution in [0.1, 0.15) is 11.1 Å². The van der Waals surface area contributed by atoms with Crippen LogP contribution in [0.2, 0.25) is 0 Å². The third kappa shape index (κ3) is 5.44.